The molecule has 1 N–H and O–H groups in total. The molecule has 0 unspecified atom stereocenters. The van der Waals surface area contributed by atoms with E-state index in [0.29, 0.717) is 0 Å². The van der Waals surface area contributed by atoms with E-state index in [1.54, 1.807) is 11.3 Å². The van der Waals surface area contributed by atoms with E-state index in [0.717, 1.165) is 43.0 Å². The van der Waals surface area contributed by atoms with Crippen LogP contribution in [-0.2, 0) is 11.3 Å². The number of nitrogens with zero attached hydrogens (tertiary/aromatic N) is 2. The Bertz CT molecular complexity index is 338. The monoisotopic (exact) mass is 255 g/mol. The minimum atomic E-state index is 0.800. The van der Waals surface area contributed by atoms with E-state index < -0.39 is 0 Å². The van der Waals surface area contributed by atoms with Gasteiger partial charge in [0.05, 0.1) is 12.3 Å². The molecule has 1 aliphatic rings. The summed E-state index contributed by atoms with van der Waals surface area (Å²) in [4.78, 5) is 6.72. The highest BCUT2D eigenvalue weighted by atomic mass is 32.1. The van der Waals surface area contributed by atoms with Crippen molar-refractivity contribution in [3.63, 3.8) is 0 Å². The summed E-state index contributed by atoms with van der Waals surface area (Å²) in [6, 6.07) is 0. The molecule has 0 aliphatic heterocycles. The van der Waals surface area contributed by atoms with Gasteiger partial charge in [-0.05, 0) is 25.8 Å². The smallest absolute Gasteiger partial charge is 0.185 e. The summed E-state index contributed by atoms with van der Waals surface area (Å²) < 4.78 is 5.63. The Kier molecular flexibility index (Phi) is 4.76. The lowest BCUT2D eigenvalue weighted by Crippen LogP contribution is -2.23. The SMILES string of the molecule is CNCc1csc(N(C)CCOCC2CC2)n1. The van der Waals surface area contributed by atoms with Crippen LogP contribution < -0.4 is 10.2 Å². The van der Waals surface area contributed by atoms with Crippen molar-refractivity contribution in [3.05, 3.63) is 11.1 Å². The van der Waals surface area contributed by atoms with Crippen molar-refractivity contribution in [2.75, 3.05) is 38.8 Å². The molecular formula is C12H21N3OS. The Labute approximate surface area is 107 Å². The van der Waals surface area contributed by atoms with Crippen LogP contribution in [0.1, 0.15) is 18.5 Å². The first kappa shape index (κ1) is 12.8. The Hall–Kier alpha value is -0.650. The van der Waals surface area contributed by atoms with Crippen LogP contribution in [0.2, 0.25) is 0 Å². The molecule has 0 spiro atoms. The van der Waals surface area contributed by atoms with Crippen LogP contribution >= 0.6 is 11.3 Å². The fourth-order valence-electron chi connectivity index (χ4n) is 1.57. The summed E-state index contributed by atoms with van der Waals surface area (Å²) in [7, 11) is 4.01. The summed E-state index contributed by atoms with van der Waals surface area (Å²) in [5.74, 6) is 0.849. The summed E-state index contributed by atoms with van der Waals surface area (Å²) in [5, 5.41) is 6.29. The number of nitrogens with one attached hydrogen (secondary N) is 1. The lowest BCUT2D eigenvalue weighted by molar-refractivity contribution is 0.131. The predicted molar refractivity (Wildman–Crippen MR) is 71.7 cm³/mol. The van der Waals surface area contributed by atoms with E-state index >= 15 is 0 Å². The maximum absolute atomic E-state index is 5.63. The van der Waals surface area contributed by atoms with Crippen molar-refractivity contribution in [1.29, 1.82) is 0 Å². The van der Waals surface area contributed by atoms with Gasteiger partial charge in [-0.2, -0.15) is 0 Å². The molecule has 0 bridgehead atoms. The molecule has 96 valence electrons. The normalized spacial score (nSPS) is 15.2. The lowest BCUT2D eigenvalue weighted by Gasteiger charge is -2.15. The first-order valence-corrected chi connectivity index (χ1v) is 7.05. The Morgan fingerprint density at radius 3 is 3.12 bits per heavy atom. The third-order valence-corrected chi connectivity index (χ3v) is 3.85. The van der Waals surface area contributed by atoms with Gasteiger partial charge in [-0.15, -0.1) is 11.3 Å². The third kappa shape index (κ3) is 4.26. The van der Waals surface area contributed by atoms with E-state index in [4.69, 9.17) is 4.74 Å². The number of thiazole rings is 1. The topological polar surface area (TPSA) is 37.4 Å². The number of anilines is 1. The van der Waals surface area contributed by atoms with Crippen molar-refractivity contribution < 1.29 is 4.74 Å². The van der Waals surface area contributed by atoms with E-state index in [-0.39, 0.29) is 0 Å². The minimum absolute atomic E-state index is 0.800. The second kappa shape index (κ2) is 6.33. The molecule has 17 heavy (non-hydrogen) atoms. The molecule has 1 saturated carbocycles. The number of likely N-dealkylation sites (N-methyl/N-ethyl adjacent to an activating group) is 1. The summed E-state index contributed by atoms with van der Waals surface area (Å²) in [6.07, 6.45) is 2.71. The second-order valence-electron chi connectivity index (χ2n) is 4.59. The second-order valence-corrected chi connectivity index (χ2v) is 5.43. The predicted octanol–water partition coefficient (Wildman–Crippen LogP) is 1.73. The molecule has 1 fully saturated rings. The van der Waals surface area contributed by atoms with Crippen molar-refractivity contribution in [2.45, 2.75) is 19.4 Å². The van der Waals surface area contributed by atoms with Crippen LogP contribution in [0.15, 0.2) is 5.38 Å². The number of rotatable bonds is 8. The first-order valence-electron chi connectivity index (χ1n) is 6.17. The number of ether oxygens (including phenoxy) is 1. The van der Waals surface area contributed by atoms with Crippen LogP contribution in [0, 0.1) is 5.92 Å². The molecule has 0 aromatic carbocycles. The highest BCUT2D eigenvalue weighted by Crippen LogP contribution is 2.28. The minimum Gasteiger partial charge on any atom is -0.379 e. The molecule has 1 aromatic rings. The highest BCUT2D eigenvalue weighted by Gasteiger charge is 2.21. The average Bonchev–Trinajstić information content (AvgIpc) is 3.03. The lowest BCUT2D eigenvalue weighted by atomic mass is 10.5. The van der Waals surface area contributed by atoms with Crippen LogP contribution in [0.4, 0.5) is 5.13 Å². The molecule has 5 heteroatoms. The van der Waals surface area contributed by atoms with E-state index in [2.05, 4.69) is 27.6 Å². The summed E-state index contributed by atoms with van der Waals surface area (Å²) in [6.45, 7) is 3.49. The van der Waals surface area contributed by atoms with Crippen LogP contribution in [0.25, 0.3) is 0 Å². The van der Waals surface area contributed by atoms with Crippen molar-refractivity contribution in [1.82, 2.24) is 10.3 Å². The van der Waals surface area contributed by atoms with Crippen LogP contribution in [0.3, 0.4) is 0 Å². The molecule has 1 aromatic heterocycles. The van der Waals surface area contributed by atoms with Crippen molar-refractivity contribution in [2.24, 2.45) is 5.92 Å². The average molecular weight is 255 g/mol. The Balaban J connectivity index is 1.67. The number of hydrogen-bond acceptors (Lipinski definition) is 5. The van der Waals surface area contributed by atoms with Gasteiger partial charge in [0.2, 0.25) is 0 Å². The van der Waals surface area contributed by atoms with Gasteiger partial charge in [0, 0.05) is 32.1 Å². The van der Waals surface area contributed by atoms with Gasteiger partial charge in [0.25, 0.3) is 0 Å². The molecule has 1 heterocycles. The number of hydrogen-bond donors (Lipinski definition) is 1. The van der Waals surface area contributed by atoms with Gasteiger partial charge >= 0.3 is 0 Å². The molecule has 4 nitrogen and oxygen atoms in total. The van der Waals surface area contributed by atoms with Gasteiger partial charge in [0.15, 0.2) is 5.13 Å². The van der Waals surface area contributed by atoms with E-state index in [1.165, 1.54) is 12.8 Å². The number of aromatic nitrogens is 1. The summed E-state index contributed by atoms with van der Waals surface area (Å²) >= 11 is 1.69. The van der Waals surface area contributed by atoms with Crippen molar-refractivity contribution in [3.8, 4) is 0 Å². The van der Waals surface area contributed by atoms with Gasteiger partial charge in [-0.25, -0.2) is 4.98 Å². The van der Waals surface area contributed by atoms with Gasteiger partial charge in [-0.3, -0.25) is 0 Å². The largest absolute Gasteiger partial charge is 0.379 e. The molecule has 0 saturated heterocycles. The zero-order valence-corrected chi connectivity index (χ0v) is 11.4. The molecule has 0 amide bonds. The van der Waals surface area contributed by atoms with Crippen LogP contribution in [0.5, 0.6) is 0 Å². The Morgan fingerprint density at radius 1 is 1.59 bits per heavy atom. The van der Waals surface area contributed by atoms with E-state index in [1.807, 2.05) is 7.05 Å². The Morgan fingerprint density at radius 2 is 2.41 bits per heavy atom. The van der Waals surface area contributed by atoms with Gasteiger partial charge in [0.1, 0.15) is 0 Å². The standard InChI is InChI=1S/C12H21N3OS/c1-13-7-11-9-17-12(14-11)15(2)5-6-16-8-10-3-4-10/h9-10,13H,3-8H2,1-2H3. The highest BCUT2D eigenvalue weighted by molar-refractivity contribution is 7.13. The molecule has 0 atom stereocenters. The third-order valence-electron chi connectivity index (χ3n) is 2.85. The quantitative estimate of drug-likeness (QED) is 0.718. The molecule has 0 radical (unpaired) electrons. The maximum Gasteiger partial charge on any atom is 0.185 e. The van der Waals surface area contributed by atoms with Crippen LogP contribution in [-0.4, -0.2) is 38.8 Å². The van der Waals surface area contributed by atoms with Gasteiger partial charge < -0.3 is 15.0 Å². The fraction of sp³-hybridized carbons (Fsp3) is 0.750. The van der Waals surface area contributed by atoms with Gasteiger partial charge in [-0.1, -0.05) is 0 Å². The fourth-order valence-corrected chi connectivity index (χ4v) is 2.38. The molecule has 1 aliphatic carbocycles. The first-order chi connectivity index (χ1) is 8.29. The van der Waals surface area contributed by atoms with E-state index in [9.17, 15) is 0 Å². The zero-order chi connectivity index (χ0) is 12.1. The van der Waals surface area contributed by atoms with Crippen molar-refractivity contribution >= 4 is 16.5 Å². The zero-order valence-electron chi connectivity index (χ0n) is 10.6. The maximum atomic E-state index is 5.63. The summed E-state index contributed by atoms with van der Waals surface area (Å²) in [5.41, 5.74) is 1.11. The molecule has 2 rings (SSSR count). The molecular weight excluding hydrogens is 234 g/mol.